The van der Waals surface area contributed by atoms with Gasteiger partial charge >= 0.3 is 13.8 Å². The Bertz CT molecular complexity index is 1390. The molecule has 0 heterocycles. The van der Waals surface area contributed by atoms with Crippen molar-refractivity contribution in [3.63, 3.8) is 0 Å². The number of ether oxygens (including phenoxy) is 1. The van der Waals surface area contributed by atoms with Gasteiger partial charge in [0, 0.05) is 12.8 Å². The van der Waals surface area contributed by atoms with Crippen LogP contribution in [0.2, 0.25) is 0 Å². The molecule has 0 radical (unpaired) electrons. The van der Waals surface area contributed by atoms with E-state index < -0.39 is 20.0 Å². The number of nitrogens with zero attached hydrogens (tertiary/aromatic N) is 1. The highest BCUT2D eigenvalue weighted by Gasteiger charge is 2.30. The van der Waals surface area contributed by atoms with Gasteiger partial charge in [0.1, 0.15) is 19.3 Å². The molecule has 0 spiro atoms. The van der Waals surface area contributed by atoms with Crippen LogP contribution in [0.25, 0.3) is 0 Å². The van der Waals surface area contributed by atoms with Crippen molar-refractivity contribution in [3.8, 4) is 0 Å². The summed E-state index contributed by atoms with van der Waals surface area (Å²) in [5.74, 6) is -0.508. The Morgan fingerprint density at radius 1 is 0.493 bits per heavy atom. The maximum Gasteiger partial charge on any atom is 0.472 e. The van der Waals surface area contributed by atoms with Crippen molar-refractivity contribution in [1.29, 1.82) is 0 Å². The summed E-state index contributed by atoms with van der Waals surface area (Å²) >= 11 is 0. The summed E-state index contributed by atoms with van der Waals surface area (Å²) in [5, 5.41) is 3.06. The minimum atomic E-state index is -4.45. The number of allylic oxidation sites excluding steroid dienone is 7. The molecule has 0 saturated heterocycles. The van der Waals surface area contributed by atoms with Gasteiger partial charge in [-0.1, -0.05) is 275 Å². The lowest BCUT2D eigenvalue weighted by Gasteiger charge is -2.27. The second-order valence-electron chi connectivity index (χ2n) is 22.3. The molecule has 0 aliphatic carbocycles. The summed E-state index contributed by atoms with van der Waals surface area (Å²) in [5.41, 5.74) is 0. The van der Waals surface area contributed by atoms with E-state index in [-0.39, 0.29) is 31.5 Å². The molecule has 1 amide bonds. The number of likely N-dealkylation sites (N-methyl/N-ethyl adjacent to an activating group) is 1. The van der Waals surface area contributed by atoms with Crippen LogP contribution in [0.5, 0.6) is 0 Å². The Balaban J connectivity index is 5.26. The zero-order valence-corrected chi connectivity index (χ0v) is 49.8. The molecule has 10 heteroatoms. The van der Waals surface area contributed by atoms with Crippen LogP contribution in [0.4, 0.5) is 0 Å². The summed E-state index contributed by atoms with van der Waals surface area (Å²) in [6.45, 7) is 6.91. The largest absolute Gasteiger partial charge is 0.472 e. The second kappa shape index (κ2) is 53.4. The number of phosphoric acid groups is 1. The summed E-state index contributed by atoms with van der Waals surface area (Å²) in [6, 6.07) is -0.850. The summed E-state index contributed by atoms with van der Waals surface area (Å²) < 4.78 is 30.7. The molecule has 3 unspecified atom stereocenters. The highest BCUT2D eigenvalue weighted by molar-refractivity contribution is 7.47. The molecule has 0 aliphatic rings. The van der Waals surface area contributed by atoms with Crippen LogP contribution < -0.4 is 5.32 Å². The number of esters is 1. The first-order chi connectivity index (χ1) is 35.4. The third-order valence-corrected chi connectivity index (χ3v) is 14.8. The molecule has 0 aromatic rings. The Hall–Kier alpha value is -2.03. The average molecular weight is 1050 g/mol. The third kappa shape index (κ3) is 54.6. The van der Waals surface area contributed by atoms with E-state index in [0.29, 0.717) is 17.4 Å². The number of rotatable bonds is 56. The molecular weight excluding hydrogens is 928 g/mol. The number of nitrogens with one attached hydrogen (secondary N) is 1. The molecule has 0 aliphatic heterocycles. The minimum Gasteiger partial charge on any atom is -0.456 e. The van der Waals surface area contributed by atoms with Crippen LogP contribution in [-0.2, 0) is 27.9 Å². The van der Waals surface area contributed by atoms with Gasteiger partial charge in [0.15, 0.2) is 0 Å². The Morgan fingerprint density at radius 2 is 0.877 bits per heavy atom. The van der Waals surface area contributed by atoms with Gasteiger partial charge < -0.3 is 19.4 Å². The maximum absolute atomic E-state index is 13.5. The molecule has 0 aromatic carbocycles. The SMILES string of the molecule is CC/C=C/C=C/C=C/CCCCCCCCCC(=O)OC(/C=C/CCCCCCCCCCCCC)C(COP(=O)(O)OCC[N+](C)(C)C)NC(=O)CCCCCCCCCCCCCCCCCCCCC. The van der Waals surface area contributed by atoms with E-state index in [1.165, 1.54) is 180 Å². The quantitative estimate of drug-likeness (QED) is 0.0156. The van der Waals surface area contributed by atoms with Crippen LogP contribution in [0.3, 0.4) is 0 Å². The van der Waals surface area contributed by atoms with Crippen molar-refractivity contribution < 1.29 is 37.3 Å². The lowest BCUT2D eigenvalue weighted by molar-refractivity contribution is -0.870. The smallest absolute Gasteiger partial charge is 0.456 e. The summed E-state index contributed by atoms with van der Waals surface area (Å²) in [6.07, 6.45) is 65.3. The predicted octanol–water partition coefficient (Wildman–Crippen LogP) is 18.9. The average Bonchev–Trinajstić information content (AvgIpc) is 3.35. The van der Waals surface area contributed by atoms with E-state index in [1.807, 2.05) is 33.3 Å². The van der Waals surface area contributed by atoms with Gasteiger partial charge in [-0.25, -0.2) is 4.57 Å². The van der Waals surface area contributed by atoms with Crippen molar-refractivity contribution in [2.24, 2.45) is 0 Å². The van der Waals surface area contributed by atoms with E-state index in [9.17, 15) is 19.0 Å². The Kier molecular flexibility index (Phi) is 51.9. The maximum atomic E-state index is 13.5. The fraction of sp³-hybridized carbons (Fsp3) is 0.841. The van der Waals surface area contributed by atoms with Crippen LogP contribution >= 0.6 is 7.82 Å². The first kappa shape index (κ1) is 71.0. The molecule has 0 rings (SSSR count). The molecule has 9 nitrogen and oxygen atoms in total. The first-order valence-corrected chi connectivity index (χ1v) is 32.5. The number of amides is 1. The Labute approximate surface area is 452 Å². The number of carbonyl (C=O) groups excluding carboxylic acids is 2. The topological polar surface area (TPSA) is 111 Å². The third-order valence-electron chi connectivity index (χ3n) is 13.8. The number of unbranched alkanes of at least 4 members (excludes halogenated alkanes) is 36. The molecule has 3 atom stereocenters. The molecular formula is C63H120N2O7P+. The highest BCUT2D eigenvalue weighted by Crippen LogP contribution is 2.43. The summed E-state index contributed by atoms with van der Waals surface area (Å²) in [4.78, 5) is 37.7. The number of carbonyl (C=O) groups is 2. The van der Waals surface area contributed by atoms with Crippen molar-refractivity contribution >= 4 is 19.7 Å². The molecule has 0 fully saturated rings. The first-order valence-electron chi connectivity index (χ1n) is 31.0. The molecule has 73 heavy (non-hydrogen) atoms. The van der Waals surface area contributed by atoms with Gasteiger partial charge in [0.25, 0.3) is 0 Å². The van der Waals surface area contributed by atoms with E-state index in [0.717, 1.165) is 77.0 Å². The fourth-order valence-electron chi connectivity index (χ4n) is 9.06. The van der Waals surface area contributed by atoms with Crippen LogP contribution in [0.15, 0.2) is 48.6 Å². The summed E-state index contributed by atoms with van der Waals surface area (Å²) in [7, 11) is 1.50. The molecule has 0 aromatic heterocycles. The van der Waals surface area contributed by atoms with Crippen LogP contribution in [0.1, 0.15) is 290 Å². The van der Waals surface area contributed by atoms with E-state index >= 15 is 0 Å². The van der Waals surface area contributed by atoms with E-state index in [4.69, 9.17) is 13.8 Å². The van der Waals surface area contributed by atoms with Crippen molar-refractivity contribution in [2.45, 2.75) is 303 Å². The highest BCUT2D eigenvalue weighted by atomic mass is 31.2. The molecule has 428 valence electrons. The van der Waals surface area contributed by atoms with Crippen LogP contribution in [-0.4, -0.2) is 74.3 Å². The van der Waals surface area contributed by atoms with Gasteiger partial charge in [-0.2, -0.15) is 0 Å². The lowest BCUT2D eigenvalue weighted by atomic mass is 10.0. The molecule has 0 bridgehead atoms. The van der Waals surface area contributed by atoms with Crippen molar-refractivity contribution in [1.82, 2.24) is 5.32 Å². The normalized spacial score (nSPS) is 14.0. The van der Waals surface area contributed by atoms with Crippen molar-refractivity contribution in [2.75, 3.05) is 40.9 Å². The van der Waals surface area contributed by atoms with Gasteiger partial charge in [-0.15, -0.1) is 0 Å². The number of phosphoric ester groups is 1. The second-order valence-corrected chi connectivity index (χ2v) is 23.7. The fourth-order valence-corrected chi connectivity index (χ4v) is 9.80. The zero-order valence-electron chi connectivity index (χ0n) is 48.9. The molecule has 2 N–H and O–H groups in total. The van der Waals surface area contributed by atoms with Gasteiger partial charge in [0.2, 0.25) is 5.91 Å². The van der Waals surface area contributed by atoms with Crippen LogP contribution in [0, 0.1) is 0 Å². The standard InChI is InChI=1S/C63H119N2O7P/c1-7-10-13-16-19-22-25-28-30-31-32-33-35-37-40-43-46-49-52-55-62(66)64-60(59-71-73(68,69)70-58-57-65(4,5)6)61(54-51-48-45-42-39-36-27-24-21-18-15-12-9-3)72-63(67)56-53-50-47-44-41-38-34-29-26-23-20-17-14-11-8-2/h11,14,17,20,23,26,51,54,60-61H,7-10,12-13,15-16,18-19,21-22,24-25,27-50,52-53,55-59H2,1-6H3,(H-,64,66,68,69)/p+1/b14-11+,20-17+,26-23+,54-51+. The monoisotopic (exact) mass is 1050 g/mol. The van der Waals surface area contributed by atoms with E-state index in [2.05, 4.69) is 62.5 Å². The number of quaternary nitrogens is 1. The minimum absolute atomic E-state index is 0.0393. The lowest BCUT2D eigenvalue weighted by Crippen LogP contribution is -2.47. The molecule has 0 saturated carbocycles. The zero-order chi connectivity index (χ0) is 53.6. The van der Waals surface area contributed by atoms with Gasteiger partial charge in [0.05, 0.1) is 33.8 Å². The van der Waals surface area contributed by atoms with Gasteiger partial charge in [-0.05, 0) is 51.0 Å². The predicted molar refractivity (Wildman–Crippen MR) is 314 cm³/mol. The number of hydrogen-bond acceptors (Lipinski definition) is 6. The number of hydrogen-bond donors (Lipinski definition) is 2. The van der Waals surface area contributed by atoms with E-state index in [1.54, 1.807) is 0 Å². The van der Waals surface area contributed by atoms with Gasteiger partial charge in [-0.3, -0.25) is 18.6 Å². The Morgan fingerprint density at radius 3 is 1.30 bits per heavy atom. The van der Waals surface area contributed by atoms with Crippen molar-refractivity contribution in [3.05, 3.63) is 48.6 Å².